The predicted octanol–water partition coefficient (Wildman–Crippen LogP) is 2.85. The van der Waals surface area contributed by atoms with Gasteiger partial charge < -0.3 is 15.1 Å². The fraction of sp³-hybridized carbons (Fsp3) is 0.647. The van der Waals surface area contributed by atoms with Crippen molar-refractivity contribution in [3.63, 3.8) is 0 Å². The second-order valence-electron chi connectivity index (χ2n) is 6.52. The van der Waals surface area contributed by atoms with Crippen molar-refractivity contribution in [1.29, 1.82) is 0 Å². The smallest absolute Gasteiger partial charge is 0.129 e. The molecule has 0 spiro atoms. The average Bonchev–Trinajstić information content (AvgIpc) is 2.84. The highest BCUT2D eigenvalue weighted by Crippen LogP contribution is 2.30. The Morgan fingerprint density at radius 3 is 2.81 bits per heavy atom. The minimum Gasteiger partial charge on any atom is -0.367 e. The fourth-order valence-electron chi connectivity index (χ4n) is 3.06. The zero-order valence-electron chi connectivity index (χ0n) is 13.7. The maximum atomic E-state index is 14.3. The molecule has 2 rings (SSSR count). The van der Waals surface area contributed by atoms with Crippen molar-refractivity contribution < 1.29 is 4.39 Å². The van der Waals surface area contributed by atoms with Gasteiger partial charge in [-0.1, -0.05) is 19.9 Å². The summed E-state index contributed by atoms with van der Waals surface area (Å²) in [5, 5.41) is 3.34. The molecule has 1 unspecified atom stereocenters. The molecule has 21 heavy (non-hydrogen) atoms. The lowest BCUT2D eigenvalue weighted by atomic mass is 10.1. The number of hydrogen-bond donors (Lipinski definition) is 1. The van der Waals surface area contributed by atoms with E-state index in [-0.39, 0.29) is 5.82 Å². The van der Waals surface area contributed by atoms with Crippen LogP contribution >= 0.6 is 0 Å². The third-order valence-electron chi connectivity index (χ3n) is 4.04. The molecule has 0 amide bonds. The van der Waals surface area contributed by atoms with Crippen molar-refractivity contribution >= 4 is 5.69 Å². The molecule has 1 aromatic carbocycles. The zero-order chi connectivity index (χ0) is 15.4. The van der Waals surface area contributed by atoms with Crippen LogP contribution in [0.4, 0.5) is 10.1 Å². The molecule has 0 aromatic heterocycles. The molecule has 1 aromatic rings. The van der Waals surface area contributed by atoms with Crippen LogP contribution in [0, 0.1) is 5.82 Å². The molecule has 118 valence electrons. The maximum Gasteiger partial charge on any atom is 0.129 e. The third kappa shape index (κ3) is 4.17. The van der Waals surface area contributed by atoms with Gasteiger partial charge in [0, 0.05) is 43.0 Å². The highest BCUT2D eigenvalue weighted by Gasteiger charge is 2.27. The van der Waals surface area contributed by atoms with Crippen LogP contribution in [-0.2, 0) is 6.54 Å². The largest absolute Gasteiger partial charge is 0.367 e. The van der Waals surface area contributed by atoms with Gasteiger partial charge in [0.15, 0.2) is 0 Å². The second-order valence-corrected chi connectivity index (χ2v) is 6.52. The minimum atomic E-state index is -0.101. The number of hydrogen-bond acceptors (Lipinski definition) is 3. The molecule has 0 aliphatic carbocycles. The molecule has 0 saturated carbocycles. The van der Waals surface area contributed by atoms with E-state index >= 15 is 0 Å². The molecule has 1 N–H and O–H groups in total. The first-order chi connectivity index (χ1) is 9.99. The Kier molecular flexibility index (Phi) is 5.59. The van der Waals surface area contributed by atoms with E-state index < -0.39 is 0 Å². The van der Waals surface area contributed by atoms with E-state index in [2.05, 4.69) is 49.1 Å². The van der Waals surface area contributed by atoms with E-state index in [9.17, 15) is 4.39 Å². The summed E-state index contributed by atoms with van der Waals surface area (Å²) < 4.78 is 14.3. The number of nitrogens with one attached hydrogen (secondary N) is 1. The SMILES string of the molecule is CC(C)NCc1c(F)cccc1N1CCCC1CN(C)C. The number of rotatable bonds is 6. The summed E-state index contributed by atoms with van der Waals surface area (Å²) in [5.41, 5.74) is 1.87. The molecule has 4 heteroatoms. The van der Waals surface area contributed by atoms with Gasteiger partial charge in [-0.15, -0.1) is 0 Å². The van der Waals surface area contributed by atoms with Gasteiger partial charge >= 0.3 is 0 Å². The summed E-state index contributed by atoms with van der Waals surface area (Å²) >= 11 is 0. The normalized spacial score (nSPS) is 19.0. The first-order valence-corrected chi connectivity index (χ1v) is 7.91. The molecular formula is C17H28FN3. The third-order valence-corrected chi connectivity index (χ3v) is 4.04. The van der Waals surface area contributed by atoms with Gasteiger partial charge in [-0.25, -0.2) is 4.39 Å². The summed E-state index contributed by atoms with van der Waals surface area (Å²) in [4.78, 5) is 4.61. The van der Waals surface area contributed by atoms with Crippen molar-refractivity contribution in [3.8, 4) is 0 Å². The Labute approximate surface area is 128 Å². The van der Waals surface area contributed by atoms with E-state index in [1.807, 2.05) is 6.07 Å². The van der Waals surface area contributed by atoms with Crippen molar-refractivity contribution in [2.24, 2.45) is 0 Å². The Morgan fingerprint density at radius 2 is 2.14 bits per heavy atom. The Balaban J connectivity index is 2.23. The van der Waals surface area contributed by atoms with Crippen LogP contribution in [0.25, 0.3) is 0 Å². The molecule has 0 bridgehead atoms. The van der Waals surface area contributed by atoms with Crippen LogP contribution in [0.2, 0.25) is 0 Å². The van der Waals surface area contributed by atoms with Gasteiger partial charge in [0.1, 0.15) is 5.82 Å². The summed E-state index contributed by atoms with van der Waals surface area (Å²) in [5.74, 6) is -0.101. The molecular weight excluding hydrogens is 265 g/mol. The summed E-state index contributed by atoms with van der Waals surface area (Å²) in [6.45, 7) is 6.81. The lowest BCUT2D eigenvalue weighted by Crippen LogP contribution is -2.38. The van der Waals surface area contributed by atoms with E-state index in [1.54, 1.807) is 6.07 Å². The molecule has 0 radical (unpaired) electrons. The van der Waals surface area contributed by atoms with Crippen LogP contribution in [0.15, 0.2) is 18.2 Å². The van der Waals surface area contributed by atoms with Crippen LogP contribution in [0.5, 0.6) is 0 Å². The van der Waals surface area contributed by atoms with Gasteiger partial charge in [0.25, 0.3) is 0 Å². The molecule has 1 atom stereocenters. The average molecular weight is 293 g/mol. The zero-order valence-corrected chi connectivity index (χ0v) is 13.7. The Bertz CT molecular complexity index is 459. The number of halogens is 1. The molecule has 1 aliphatic heterocycles. The van der Waals surface area contributed by atoms with Crippen LogP contribution < -0.4 is 10.2 Å². The van der Waals surface area contributed by atoms with E-state index in [0.717, 1.165) is 24.3 Å². The van der Waals surface area contributed by atoms with Crippen molar-refractivity contribution in [2.45, 2.75) is 45.3 Å². The molecule has 1 heterocycles. The summed E-state index contributed by atoms with van der Waals surface area (Å²) in [6.07, 6.45) is 2.37. The molecule has 1 saturated heterocycles. The van der Waals surface area contributed by atoms with Crippen molar-refractivity contribution in [1.82, 2.24) is 10.2 Å². The topological polar surface area (TPSA) is 18.5 Å². The van der Waals surface area contributed by atoms with Gasteiger partial charge in [-0.3, -0.25) is 0 Å². The Hall–Kier alpha value is -1.13. The molecule has 1 fully saturated rings. The monoisotopic (exact) mass is 293 g/mol. The van der Waals surface area contributed by atoms with Crippen molar-refractivity contribution in [3.05, 3.63) is 29.6 Å². The molecule has 1 aliphatic rings. The quantitative estimate of drug-likeness (QED) is 0.870. The van der Waals surface area contributed by atoms with Gasteiger partial charge in [-0.05, 0) is 39.1 Å². The summed E-state index contributed by atoms with van der Waals surface area (Å²) in [6, 6.07) is 6.30. The van der Waals surface area contributed by atoms with E-state index in [4.69, 9.17) is 0 Å². The number of anilines is 1. The van der Waals surface area contributed by atoms with Crippen molar-refractivity contribution in [2.75, 3.05) is 32.1 Å². The Morgan fingerprint density at radius 1 is 1.38 bits per heavy atom. The fourth-order valence-corrected chi connectivity index (χ4v) is 3.06. The maximum absolute atomic E-state index is 14.3. The van der Waals surface area contributed by atoms with Crippen LogP contribution in [0.1, 0.15) is 32.3 Å². The van der Waals surface area contributed by atoms with Crippen LogP contribution in [0.3, 0.4) is 0 Å². The van der Waals surface area contributed by atoms with Crippen LogP contribution in [-0.4, -0.2) is 44.2 Å². The number of nitrogens with zero attached hydrogens (tertiary/aromatic N) is 2. The first-order valence-electron chi connectivity index (χ1n) is 7.91. The first kappa shape index (κ1) is 16.2. The number of benzene rings is 1. The lowest BCUT2D eigenvalue weighted by Gasteiger charge is -2.31. The van der Waals surface area contributed by atoms with E-state index in [1.165, 1.54) is 12.8 Å². The second kappa shape index (κ2) is 7.23. The van der Waals surface area contributed by atoms with Gasteiger partial charge in [0.05, 0.1) is 0 Å². The van der Waals surface area contributed by atoms with E-state index in [0.29, 0.717) is 18.6 Å². The highest BCUT2D eigenvalue weighted by atomic mass is 19.1. The highest BCUT2D eigenvalue weighted by molar-refractivity contribution is 5.56. The summed E-state index contributed by atoms with van der Waals surface area (Å²) in [7, 11) is 4.20. The van der Waals surface area contributed by atoms with Gasteiger partial charge in [0.2, 0.25) is 0 Å². The minimum absolute atomic E-state index is 0.101. The lowest BCUT2D eigenvalue weighted by molar-refractivity contribution is 0.371. The van der Waals surface area contributed by atoms with Gasteiger partial charge in [-0.2, -0.15) is 0 Å². The number of likely N-dealkylation sites (N-methyl/N-ethyl adjacent to an activating group) is 1. The molecule has 3 nitrogen and oxygen atoms in total. The predicted molar refractivity (Wildman–Crippen MR) is 87.3 cm³/mol. The standard InChI is InChI=1S/C17H28FN3/c1-13(2)19-11-15-16(18)8-5-9-17(15)21-10-6-7-14(21)12-20(3)4/h5,8-9,13-14,19H,6-7,10-12H2,1-4H3.